The van der Waals surface area contributed by atoms with Gasteiger partial charge in [0.2, 0.25) is 0 Å². The summed E-state index contributed by atoms with van der Waals surface area (Å²) in [6.07, 6.45) is 0.283. The lowest BCUT2D eigenvalue weighted by molar-refractivity contribution is 0.116. The molecular weight excluding hydrogens is 152 g/mol. The Hall–Kier alpha value is -0.120. The zero-order valence-electron chi connectivity index (χ0n) is 8.63. The number of ether oxygens (including phenoxy) is 1. The Kier molecular flexibility index (Phi) is 6.34. The lowest BCUT2D eigenvalue weighted by Crippen LogP contribution is -2.36. The molecule has 0 saturated carbocycles. The SMILES string of the molecule is COC(C)CNCC(C)C(C)N. The lowest BCUT2D eigenvalue weighted by Gasteiger charge is -2.17. The van der Waals surface area contributed by atoms with E-state index in [2.05, 4.69) is 12.2 Å². The Morgan fingerprint density at radius 2 is 1.83 bits per heavy atom. The van der Waals surface area contributed by atoms with Gasteiger partial charge in [-0.25, -0.2) is 0 Å². The van der Waals surface area contributed by atoms with Gasteiger partial charge in [-0.3, -0.25) is 0 Å². The molecule has 0 aliphatic rings. The molecule has 0 heterocycles. The number of methoxy groups -OCH3 is 1. The Morgan fingerprint density at radius 3 is 2.25 bits per heavy atom. The van der Waals surface area contributed by atoms with Crippen LogP contribution < -0.4 is 11.1 Å². The molecule has 3 heteroatoms. The van der Waals surface area contributed by atoms with Crippen molar-refractivity contribution in [1.82, 2.24) is 5.32 Å². The van der Waals surface area contributed by atoms with Crippen molar-refractivity contribution in [3.63, 3.8) is 0 Å². The van der Waals surface area contributed by atoms with Crippen LogP contribution in [0, 0.1) is 5.92 Å². The molecule has 0 saturated heterocycles. The topological polar surface area (TPSA) is 47.3 Å². The van der Waals surface area contributed by atoms with Crippen LogP contribution in [0.4, 0.5) is 0 Å². The predicted octanol–water partition coefficient (Wildman–Crippen LogP) is 0.594. The van der Waals surface area contributed by atoms with Crippen LogP contribution in [-0.4, -0.2) is 32.3 Å². The highest BCUT2D eigenvalue weighted by molar-refractivity contribution is 4.66. The number of hydrogen-bond donors (Lipinski definition) is 2. The van der Waals surface area contributed by atoms with Crippen molar-refractivity contribution < 1.29 is 4.74 Å². The summed E-state index contributed by atoms with van der Waals surface area (Å²) in [5.74, 6) is 0.522. The first-order valence-corrected chi connectivity index (χ1v) is 4.57. The first-order chi connectivity index (χ1) is 5.57. The van der Waals surface area contributed by atoms with Crippen molar-refractivity contribution in [2.24, 2.45) is 11.7 Å². The minimum atomic E-state index is 0.260. The molecule has 3 unspecified atom stereocenters. The Morgan fingerprint density at radius 1 is 1.25 bits per heavy atom. The molecule has 0 aliphatic carbocycles. The van der Waals surface area contributed by atoms with E-state index in [0.717, 1.165) is 13.1 Å². The largest absolute Gasteiger partial charge is 0.380 e. The zero-order valence-corrected chi connectivity index (χ0v) is 8.63. The van der Waals surface area contributed by atoms with Gasteiger partial charge in [0.25, 0.3) is 0 Å². The average Bonchev–Trinajstić information content (AvgIpc) is 2.03. The summed E-state index contributed by atoms with van der Waals surface area (Å²) >= 11 is 0. The lowest BCUT2D eigenvalue weighted by atomic mass is 10.1. The number of hydrogen-bond acceptors (Lipinski definition) is 3. The van der Waals surface area contributed by atoms with Gasteiger partial charge in [-0.15, -0.1) is 0 Å². The maximum Gasteiger partial charge on any atom is 0.0667 e. The number of nitrogens with one attached hydrogen (secondary N) is 1. The third kappa shape index (κ3) is 5.52. The maximum absolute atomic E-state index is 5.71. The van der Waals surface area contributed by atoms with Crippen molar-refractivity contribution in [1.29, 1.82) is 0 Å². The van der Waals surface area contributed by atoms with Crippen LogP contribution in [0.3, 0.4) is 0 Å². The molecule has 0 rings (SSSR count). The molecule has 0 aromatic carbocycles. The fraction of sp³-hybridized carbons (Fsp3) is 1.00. The van der Waals surface area contributed by atoms with Gasteiger partial charge in [0.15, 0.2) is 0 Å². The predicted molar refractivity (Wildman–Crippen MR) is 52.2 cm³/mol. The van der Waals surface area contributed by atoms with E-state index in [4.69, 9.17) is 10.5 Å². The molecule has 0 aromatic rings. The molecule has 0 spiro atoms. The van der Waals surface area contributed by atoms with Crippen molar-refractivity contribution in [2.75, 3.05) is 20.2 Å². The van der Waals surface area contributed by atoms with Gasteiger partial charge < -0.3 is 15.8 Å². The maximum atomic E-state index is 5.71. The summed E-state index contributed by atoms with van der Waals surface area (Å²) in [4.78, 5) is 0. The van der Waals surface area contributed by atoms with Crippen LogP contribution in [0.2, 0.25) is 0 Å². The molecule has 0 amide bonds. The third-order valence-corrected chi connectivity index (χ3v) is 2.20. The van der Waals surface area contributed by atoms with E-state index in [-0.39, 0.29) is 12.1 Å². The Labute approximate surface area is 75.7 Å². The van der Waals surface area contributed by atoms with Gasteiger partial charge in [-0.05, 0) is 26.3 Å². The molecule has 0 radical (unpaired) electrons. The van der Waals surface area contributed by atoms with Gasteiger partial charge in [-0.2, -0.15) is 0 Å². The van der Waals surface area contributed by atoms with Crippen LogP contribution in [-0.2, 0) is 4.74 Å². The number of rotatable bonds is 6. The van der Waals surface area contributed by atoms with E-state index in [1.165, 1.54) is 0 Å². The van der Waals surface area contributed by atoms with E-state index in [9.17, 15) is 0 Å². The molecule has 0 fully saturated rings. The van der Waals surface area contributed by atoms with Gasteiger partial charge in [0.1, 0.15) is 0 Å². The molecule has 3 N–H and O–H groups in total. The highest BCUT2D eigenvalue weighted by atomic mass is 16.5. The Balaban J connectivity index is 3.30. The summed E-state index contributed by atoms with van der Waals surface area (Å²) < 4.78 is 5.10. The molecule has 0 aliphatic heterocycles. The van der Waals surface area contributed by atoms with E-state index < -0.39 is 0 Å². The standard InChI is InChI=1S/C9H22N2O/c1-7(9(3)10)5-11-6-8(2)12-4/h7-9,11H,5-6,10H2,1-4H3. The fourth-order valence-corrected chi connectivity index (χ4v) is 0.783. The summed E-state index contributed by atoms with van der Waals surface area (Å²) in [7, 11) is 1.72. The normalized spacial score (nSPS) is 18.8. The molecule has 0 aromatic heterocycles. The monoisotopic (exact) mass is 174 g/mol. The van der Waals surface area contributed by atoms with Crippen molar-refractivity contribution in [2.45, 2.75) is 32.9 Å². The van der Waals surface area contributed by atoms with Crippen molar-refractivity contribution in [3.8, 4) is 0 Å². The summed E-state index contributed by atoms with van der Waals surface area (Å²) in [6.45, 7) is 8.09. The molecule has 74 valence electrons. The second-order valence-corrected chi connectivity index (χ2v) is 3.54. The quantitative estimate of drug-likeness (QED) is 0.619. The molecule has 3 nitrogen and oxygen atoms in total. The van der Waals surface area contributed by atoms with E-state index in [1.54, 1.807) is 7.11 Å². The summed E-state index contributed by atoms with van der Waals surface area (Å²) in [5.41, 5.74) is 5.71. The van der Waals surface area contributed by atoms with Crippen LogP contribution in [0.25, 0.3) is 0 Å². The van der Waals surface area contributed by atoms with E-state index in [1.807, 2.05) is 13.8 Å². The van der Waals surface area contributed by atoms with Gasteiger partial charge in [0, 0.05) is 19.7 Å². The molecular formula is C9H22N2O. The van der Waals surface area contributed by atoms with Crippen molar-refractivity contribution in [3.05, 3.63) is 0 Å². The van der Waals surface area contributed by atoms with Gasteiger partial charge >= 0.3 is 0 Å². The van der Waals surface area contributed by atoms with Crippen LogP contribution in [0.1, 0.15) is 20.8 Å². The van der Waals surface area contributed by atoms with Crippen molar-refractivity contribution >= 4 is 0 Å². The minimum absolute atomic E-state index is 0.260. The molecule has 3 atom stereocenters. The van der Waals surface area contributed by atoms with Crippen LogP contribution in [0.15, 0.2) is 0 Å². The highest BCUT2D eigenvalue weighted by Crippen LogP contribution is 1.96. The van der Waals surface area contributed by atoms with Crippen LogP contribution >= 0.6 is 0 Å². The smallest absolute Gasteiger partial charge is 0.0667 e. The fourth-order valence-electron chi connectivity index (χ4n) is 0.783. The van der Waals surface area contributed by atoms with Gasteiger partial charge in [-0.1, -0.05) is 6.92 Å². The molecule has 0 bridgehead atoms. The summed E-state index contributed by atoms with van der Waals surface area (Å²) in [5, 5.41) is 3.31. The highest BCUT2D eigenvalue weighted by Gasteiger charge is 2.07. The van der Waals surface area contributed by atoms with E-state index in [0.29, 0.717) is 5.92 Å². The average molecular weight is 174 g/mol. The first-order valence-electron chi connectivity index (χ1n) is 4.57. The second kappa shape index (κ2) is 6.40. The third-order valence-electron chi connectivity index (χ3n) is 2.20. The minimum Gasteiger partial charge on any atom is -0.380 e. The first kappa shape index (κ1) is 11.9. The van der Waals surface area contributed by atoms with Crippen LogP contribution in [0.5, 0.6) is 0 Å². The van der Waals surface area contributed by atoms with E-state index >= 15 is 0 Å². The summed E-state index contributed by atoms with van der Waals surface area (Å²) in [6, 6.07) is 0.260. The van der Waals surface area contributed by atoms with Gasteiger partial charge in [0.05, 0.1) is 6.10 Å². The molecule has 12 heavy (non-hydrogen) atoms. The number of nitrogens with two attached hydrogens (primary N) is 1. The zero-order chi connectivity index (χ0) is 9.56. The second-order valence-electron chi connectivity index (χ2n) is 3.54. The Bertz CT molecular complexity index is 107.